The monoisotopic (exact) mass is 368 g/mol. The fourth-order valence-corrected chi connectivity index (χ4v) is 3.76. The topological polar surface area (TPSA) is 88.0 Å². The standard InChI is InChI=1S/C18H20N6OS/c1-4-11-9-14(25)24-18(19-11)26-17(23-24)22-15(10(2)3)16-20-12-7-5-6-8-13(12)21-16/h5-10,15H,4H2,1-3H3,(H,20,21)(H,22,23)/t15-/m0/s1. The van der Waals surface area contributed by atoms with Crippen LogP contribution in [0.1, 0.15) is 38.3 Å². The maximum absolute atomic E-state index is 12.2. The van der Waals surface area contributed by atoms with Crippen molar-refractivity contribution in [3.05, 3.63) is 52.2 Å². The highest BCUT2D eigenvalue weighted by molar-refractivity contribution is 7.20. The maximum atomic E-state index is 12.2. The number of anilines is 1. The lowest BCUT2D eigenvalue weighted by molar-refractivity contribution is 0.525. The number of aromatic nitrogens is 5. The Morgan fingerprint density at radius 3 is 2.81 bits per heavy atom. The Balaban J connectivity index is 1.71. The van der Waals surface area contributed by atoms with Gasteiger partial charge in [0.25, 0.3) is 5.56 Å². The second-order valence-corrected chi connectivity index (χ2v) is 7.50. The summed E-state index contributed by atoms with van der Waals surface area (Å²) >= 11 is 1.38. The van der Waals surface area contributed by atoms with Crippen LogP contribution in [0.2, 0.25) is 0 Å². The van der Waals surface area contributed by atoms with Gasteiger partial charge in [-0.2, -0.15) is 4.52 Å². The number of H-pyrrole nitrogens is 1. The van der Waals surface area contributed by atoms with E-state index in [2.05, 4.69) is 34.2 Å². The zero-order valence-electron chi connectivity index (χ0n) is 14.9. The van der Waals surface area contributed by atoms with E-state index >= 15 is 0 Å². The van der Waals surface area contributed by atoms with Gasteiger partial charge in [0.2, 0.25) is 10.1 Å². The fraction of sp³-hybridized carbons (Fsp3) is 0.333. The molecule has 0 bridgehead atoms. The van der Waals surface area contributed by atoms with Crippen molar-refractivity contribution in [2.24, 2.45) is 5.92 Å². The predicted molar refractivity (Wildman–Crippen MR) is 104 cm³/mol. The van der Waals surface area contributed by atoms with Crippen LogP contribution >= 0.6 is 11.3 Å². The van der Waals surface area contributed by atoms with E-state index in [0.29, 0.717) is 10.1 Å². The molecule has 0 aliphatic rings. The predicted octanol–water partition coefficient (Wildman–Crippen LogP) is 3.40. The molecular weight excluding hydrogens is 348 g/mol. The average Bonchev–Trinajstić information content (AvgIpc) is 3.22. The van der Waals surface area contributed by atoms with Crippen LogP contribution in [0.25, 0.3) is 16.0 Å². The molecule has 4 rings (SSSR count). The Morgan fingerprint density at radius 1 is 1.27 bits per heavy atom. The van der Waals surface area contributed by atoms with Crippen molar-refractivity contribution in [3.8, 4) is 0 Å². The van der Waals surface area contributed by atoms with Crippen LogP contribution in [-0.2, 0) is 6.42 Å². The summed E-state index contributed by atoms with van der Waals surface area (Å²) in [6, 6.07) is 9.44. The van der Waals surface area contributed by atoms with Crippen LogP contribution < -0.4 is 10.9 Å². The van der Waals surface area contributed by atoms with E-state index in [-0.39, 0.29) is 17.5 Å². The van der Waals surface area contributed by atoms with Gasteiger partial charge < -0.3 is 10.3 Å². The molecule has 1 aromatic carbocycles. The Bertz CT molecular complexity index is 1090. The van der Waals surface area contributed by atoms with E-state index in [1.165, 1.54) is 21.9 Å². The molecule has 1 atom stereocenters. The highest BCUT2D eigenvalue weighted by Crippen LogP contribution is 2.28. The summed E-state index contributed by atoms with van der Waals surface area (Å²) in [7, 11) is 0. The molecule has 0 aliphatic heterocycles. The summed E-state index contributed by atoms with van der Waals surface area (Å²) in [6.45, 7) is 6.23. The van der Waals surface area contributed by atoms with E-state index in [1.807, 2.05) is 31.2 Å². The van der Waals surface area contributed by atoms with Crippen LogP contribution in [0, 0.1) is 5.92 Å². The number of hydrogen-bond donors (Lipinski definition) is 2. The summed E-state index contributed by atoms with van der Waals surface area (Å²) in [5, 5.41) is 8.48. The number of aryl methyl sites for hydroxylation is 1. The van der Waals surface area contributed by atoms with Gasteiger partial charge in [-0.25, -0.2) is 9.97 Å². The van der Waals surface area contributed by atoms with Crippen LogP contribution in [-0.4, -0.2) is 24.6 Å². The van der Waals surface area contributed by atoms with E-state index in [0.717, 1.165) is 29.0 Å². The van der Waals surface area contributed by atoms with Gasteiger partial charge in [-0.05, 0) is 24.5 Å². The first-order valence-corrected chi connectivity index (χ1v) is 9.47. The molecule has 8 heteroatoms. The van der Waals surface area contributed by atoms with Crippen molar-refractivity contribution < 1.29 is 0 Å². The molecule has 2 N–H and O–H groups in total. The van der Waals surface area contributed by atoms with Crippen LogP contribution in [0.4, 0.5) is 5.13 Å². The average molecular weight is 368 g/mol. The third-order valence-corrected chi connectivity index (χ3v) is 5.15. The van der Waals surface area contributed by atoms with Crippen molar-refractivity contribution in [2.45, 2.75) is 33.2 Å². The summed E-state index contributed by atoms with van der Waals surface area (Å²) in [4.78, 5) is 25.4. The van der Waals surface area contributed by atoms with Crippen LogP contribution in [0.5, 0.6) is 0 Å². The van der Waals surface area contributed by atoms with Crippen molar-refractivity contribution in [1.29, 1.82) is 0 Å². The lowest BCUT2D eigenvalue weighted by atomic mass is 10.0. The maximum Gasteiger partial charge on any atom is 0.275 e. The van der Waals surface area contributed by atoms with E-state index in [1.54, 1.807) is 0 Å². The number of imidazole rings is 1. The SMILES string of the molecule is CCc1cc(=O)n2nc(N[C@H](c3nc4ccccc4[nH]3)C(C)C)sc2n1. The van der Waals surface area contributed by atoms with Gasteiger partial charge in [0.1, 0.15) is 5.82 Å². The van der Waals surface area contributed by atoms with Gasteiger partial charge in [0.05, 0.1) is 17.1 Å². The molecular formula is C18H20N6OS. The molecule has 134 valence electrons. The number of benzene rings is 1. The lowest BCUT2D eigenvalue weighted by Crippen LogP contribution is -2.19. The normalized spacial score (nSPS) is 12.9. The number of fused-ring (bicyclic) bond motifs is 2. The molecule has 0 saturated heterocycles. The Hall–Kier alpha value is -2.74. The summed E-state index contributed by atoms with van der Waals surface area (Å²) < 4.78 is 1.35. The molecule has 0 fully saturated rings. The smallest absolute Gasteiger partial charge is 0.275 e. The zero-order valence-corrected chi connectivity index (χ0v) is 15.7. The van der Waals surface area contributed by atoms with Crippen molar-refractivity contribution in [1.82, 2.24) is 24.6 Å². The largest absolute Gasteiger partial charge is 0.350 e. The first-order valence-electron chi connectivity index (χ1n) is 8.66. The second kappa shape index (κ2) is 6.53. The minimum atomic E-state index is -0.152. The summed E-state index contributed by atoms with van der Waals surface area (Å²) in [5.41, 5.74) is 2.57. The third kappa shape index (κ3) is 2.96. The number of nitrogens with one attached hydrogen (secondary N) is 2. The number of hydrogen-bond acceptors (Lipinski definition) is 6. The van der Waals surface area contributed by atoms with E-state index < -0.39 is 0 Å². The van der Waals surface area contributed by atoms with Gasteiger partial charge in [0, 0.05) is 11.8 Å². The van der Waals surface area contributed by atoms with Gasteiger partial charge in [-0.3, -0.25) is 4.79 Å². The van der Waals surface area contributed by atoms with E-state index in [4.69, 9.17) is 4.98 Å². The van der Waals surface area contributed by atoms with Crippen molar-refractivity contribution >= 4 is 32.5 Å². The first kappa shape index (κ1) is 16.7. The molecule has 0 aliphatic carbocycles. The molecule has 0 spiro atoms. The first-order chi connectivity index (χ1) is 12.5. The molecule has 0 unspecified atom stereocenters. The highest BCUT2D eigenvalue weighted by Gasteiger charge is 2.21. The minimum absolute atomic E-state index is 0.0516. The lowest BCUT2D eigenvalue weighted by Gasteiger charge is -2.19. The number of para-hydroxylation sites is 2. The van der Waals surface area contributed by atoms with E-state index in [9.17, 15) is 4.79 Å². The molecule has 26 heavy (non-hydrogen) atoms. The third-order valence-electron chi connectivity index (χ3n) is 4.31. The number of rotatable bonds is 5. The second-order valence-electron chi connectivity index (χ2n) is 6.55. The Morgan fingerprint density at radius 2 is 2.08 bits per heavy atom. The molecule has 0 radical (unpaired) electrons. The fourth-order valence-electron chi connectivity index (χ4n) is 2.90. The quantitative estimate of drug-likeness (QED) is 0.564. The van der Waals surface area contributed by atoms with Gasteiger partial charge in [-0.1, -0.05) is 44.2 Å². The summed E-state index contributed by atoms with van der Waals surface area (Å²) in [5.74, 6) is 1.13. The van der Waals surface area contributed by atoms with Crippen molar-refractivity contribution in [2.75, 3.05) is 5.32 Å². The molecule has 0 saturated carbocycles. The Labute approximate surface area is 154 Å². The Kier molecular flexibility index (Phi) is 4.20. The molecule has 4 aromatic rings. The highest BCUT2D eigenvalue weighted by atomic mass is 32.1. The zero-order chi connectivity index (χ0) is 18.3. The molecule has 0 amide bonds. The molecule has 7 nitrogen and oxygen atoms in total. The minimum Gasteiger partial charge on any atom is -0.350 e. The van der Waals surface area contributed by atoms with Crippen LogP contribution in [0.3, 0.4) is 0 Å². The number of nitrogens with zero attached hydrogens (tertiary/aromatic N) is 4. The number of aromatic amines is 1. The summed E-state index contributed by atoms with van der Waals surface area (Å²) in [6.07, 6.45) is 0.722. The van der Waals surface area contributed by atoms with Crippen molar-refractivity contribution in [3.63, 3.8) is 0 Å². The molecule has 3 heterocycles. The van der Waals surface area contributed by atoms with Gasteiger partial charge >= 0.3 is 0 Å². The van der Waals surface area contributed by atoms with Gasteiger partial charge in [0.15, 0.2) is 0 Å². The molecule has 3 aromatic heterocycles. The van der Waals surface area contributed by atoms with Crippen LogP contribution in [0.15, 0.2) is 35.1 Å². The van der Waals surface area contributed by atoms with Gasteiger partial charge in [-0.15, -0.1) is 5.10 Å².